The highest BCUT2D eigenvalue weighted by molar-refractivity contribution is 7.99. The molecular formula is C26H31N5O2S. The molecule has 3 atom stereocenters. The van der Waals surface area contributed by atoms with Crippen LogP contribution in [0.5, 0.6) is 0 Å². The van der Waals surface area contributed by atoms with Gasteiger partial charge in [0.05, 0.1) is 11.8 Å². The summed E-state index contributed by atoms with van der Waals surface area (Å²) < 4.78 is 2.20. The summed E-state index contributed by atoms with van der Waals surface area (Å²) in [6, 6.07) is 13.4. The van der Waals surface area contributed by atoms with E-state index in [1.807, 2.05) is 42.5 Å². The molecule has 4 rings (SSSR count). The summed E-state index contributed by atoms with van der Waals surface area (Å²) in [4.78, 5) is 29.2. The van der Waals surface area contributed by atoms with Crippen molar-refractivity contribution < 1.29 is 9.59 Å². The zero-order chi connectivity index (χ0) is 23.9. The van der Waals surface area contributed by atoms with Gasteiger partial charge in [0.2, 0.25) is 5.91 Å². The van der Waals surface area contributed by atoms with E-state index in [2.05, 4.69) is 32.0 Å². The van der Waals surface area contributed by atoms with E-state index in [1.165, 1.54) is 37.9 Å². The summed E-state index contributed by atoms with van der Waals surface area (Å²) in [5, 5.41) is 12.6. The number of nitrogens with zero attached hydrogens (tertiary/aromatic N) is 4. The first-order valence-corrected chi connectivity index (χ1v) is 12.8. The number of rotatable bonds is 9. The predicted molar refractivity (Wildman–Crippen MR) is 133 cm³/mol. The molecule has 178 valence electrons. The first kappa shape index (κ1) is 24.1. The zero-order valence-electron chi connectivity index (χ0n) is 19.7. The van der Waals surface area contributed by atoms with Crippen molar-refractivity contribution in [2.45, 2.75) is 63.2 Å². The lowest BCUT2D eigenvalue weighted by Gasteiger charge is -2.31. The van der Waals surface area contributed by atoms with Gasteiger partial charge in [0, 0.05) is 24.0 Å². The van der Waals surface area contributed by atoms with Gasteiger partial charge in [-0.25, -0.2) is 0 Å². The van der Waals surface area contributed by atoms with Gasteiger partial charge in [0.1, 0.15) is 0 Å². The van der Waals surface area contributed by atoms with Crippen LogP contribution in [-0.2, 0) is 16.0 Å². The van der Waals surface area contributed by atoms with E-state index < -0.39 is 6.04 Å². The fourth-order valence-corrected chi connectivity index (χ4v) is 5.36. The number of carbonyl (C=O) groups excluding carboxylic acids is 2. The zero-order valence-corrected chi connectivity index (χ0v) is 20.5. The van der Waals surface area contributed by atoms with Crippen molar-refractivity contribution >= 4 is 23.5 Å². The van der Waals surface area contributed by atoms with E-state index in [0.717, 1.165) is 28.5 Å². The summed E-state index contributed by atoms with van der Waals surface area (Å²) >= 11 is 1.37. The van der Waals surface area contributed by atoms with Gasteiger partial charge in [0.15, 0.2) is 16.8 Å². The van der Waals surface area contributed by atoms with Gasteiger partial charge in [0.25, 0.3) is 0 Å². The van der Waals surface area contributed by atoms with Crippen LogP contribution in [0.3, 0.4) is 0 Å². The molecule has 1 fully saturated rings. The third kappa shape index (κ3) is 5.91. The summed E-state index contributed by atoms with van der Waals surface area (Å²) in [5.41, 5.74) is 1.94. The predicted octanol–water partition coefficient (Wildman–Crippen LogP) is 4.50. The van der Waals surface area contributed by atoms with Gasteiger partial charge in [-0.3, -0.25) is 19.1 Å². The molecule has 3 unspecified atom stereocenters. The fraction of sp³-hybridized carbons (Fsp3) is 0.423. The normalized spacial score (nSPS) is 18.9. The molecule has 1 amide bonds. The van der Waals surface area contributed by atoms with Crippen molar-refractivity contribution in [2.75, 3.05) is 5.75 Å². The minimum Gasteiger partial charge on any atom is -0.345 e. The Morgan fingerprint density at radius 1 is 1.12 bits per heavy atom. The standard InChI is InChI=1S/C26H31N5O2S/c1-18-9-6-7-13-23(18)31-25(21-12-8-14-27-16-21)29-30-26(31)34-17-24(33)28-22(19(2)32)15-20-10-4-3-5-11-20/h3-5,8,10-12,14,16,18,22-23H,6-7,9,13,15,17H2,1-2H3,(H,28,33). The number of hydrogen-bond acceptors (Lipinski definition) is 6. The number of hydrogen-bond donors (Lipinski definition) is 1. The van der Waals surface area contributed by atoms with Crippen molar-refractivity contribution in [1.82, 2.24) is 25.1 Å². The monoisotopic (exact) mass is 477 g/mol. The van der Waals surface area contributed by atoms with Gasteiger partial charge in [-0.05, 0) is 49.8 Å². The number of aromatic nitrogens is 4. The minimum atomic E-state index is -0.544. The fourth-order valence-electron chi connectivity index (χ4n) is 4.56. The quantitative estimate of drug-likeness (QED) is 0.457. The highest BCUT2D eigenvalue weighted by atomic mass is 32.2. The van der Waals surface area contributed by atoms with Crippen molar-refractivity contribution in [3.63, 3.8) is 0 Å². The molecule has 0 bridgehead atoms. The topological polar surface area (TPSA) is 89.8 Å². The maximum absolute atomic E-state index is 12.8. The largest absolute Gasteiger partial charge is 0.345 e. The van der Waals surface area contributed by atoms with Crippen LogP contribution in [0.4, 0.5) is 0 Å². The first-order chi connectivity index (χ1) is 16.5. The SMILES string of the molecule is CC(=O)C(Cc1ccccc1)NC(=O)CSc1nnc(-c2cccnc2)n1C1CCCCC1C. The average Bonchev–Trinajstić information content (AvgIpc) is 3.27. The molecule has 8 heteroatoms. The maximum Gasteiger partial charge on any atom is 0.231 e. The Kier molecular flexibility index (Phi) is 8.11. The maximum atomic E-state index is 12.8. The van der Waals surface area contributed by atoms with Crippen molar-refractivity contribution in [3.05, 3.63) is 60.4 Å². The molecule has 1 N–H and O–H groups in total. The smallest absolute Gasteiger partial charge is 0.231 e. The molecule has 3 aromatic rings. The second kappa shape index (κ2) is 11.4. The van der Waals surface area contributed by atoms with Crippen LogP contribution in [0.1, 0.15) is 51.1 Å². The number of ketones is 1. The molecule has 1 aliphatic rings. The van der Waals surface area contributed by atoms with Gasteiger partial charge in [-0.2, -0.15) is 0 Å². The molecule has 2 aromatic heterocycles. The van der Waals surface area contributed by atoms with E-state index >= 15 is 0 Å². The molecule has 0 radical (unpaired) electrons. The second-order valence-corrected chi connectivity index (χ2v) is 9.90. The highest BCUT2D eigenvalue weighted by Crippen LogP contribution is 2.38. The van der Waals surface area contributed by atoms with E-state index in [1.54, 1.807) is 12.4 Å². The average molecular weight is 478 g/mol. The first-order valence-electron chi connectivity index (χ1n) is 11.8. The molecular weight excluding hydrogens is 446 g/mol. The van der Waals surface area contributed by atoms with Crippen LogP contribution in [-0.4, -0.2) is 43.2 Å². The van der Waals surface area contributed by atoms with Gasteiger partial charge < -0.3 is 5.32 Å². The Morgan fingerprint density at radius 3 is 2.62 bits per heavy atom. The van der Waals surface area contributed by atoms with E-state index in [0.29, 0.717) is 12.3 Å². The molecule has 0 saturated heterocycles. The van der Waals surface area contributed by atoms with Crippen molar-refractivity contribution in [2.24, 2.45) is 5.92 Å². The summed E-state index contributed by atoms with van der Waals surface area (Å²) in [6.45, 7) is 3.79. The van der Waals surface area contributed by atoms with Crippen LogP contribution < -0.4 is 5.32 Å². The Morgan fingerprint density at radius 2 is 1.91 bits per heavy atom. The van der Waals surface area contributed by atoms with E-state index in [9.17, 15) is 9.59 Å². The number of amides is 1. The number of nitrogens with one attached hydrogen (secondary N) is 1. The molecule has 1 aliphatic carbocycles. The third-order valence-electron chi connectivity index (χ3n) is 6.42. The Balaban J connectivity index is 1.49. The lowest BCUT2D eigenvalue weighted by molar-refractivity contribution is -0.125. The summed E-state index contributed by atoms with van der Waals surface area (Å²) in [5.74, 6) is 1.22. The Hall–Kier alpha value is -3.00. The van der Waals surface area contributed by atoms with Crippen LogP contribution in [0.25, 0.3) is 11.4 Å². The third-order valence-corrected chi connectivity index (χ3v) is 7.37. The number of Topliss-reactive ketones (excluding diaryl/α,β-unsaturated/α-hetero) is 1. The van der Waals surface area contributed by atoms with Crippen LogP contribution in [0.15, 0.2) is 60.0 Å². The molecule has 7 nitrogen and oxygen atoms in total. The van der Waals surface area contributed by atoms with Gasteiger partial charge >= 0.3 is 0 Å². The lowest BCUT2D eigenvalue weighted by atomic mass is 9.85. The highest BCUT2D eigenvalue weighted by Gasteiger charge is 2.29. The number of benzene rings is 1. The van der Waals surface area contributed by atoms with Gasteiger partial charge in [-0.15, -0.1) is 10.2 Å². The molecule has 1 saturated carbocycles. The molecule has 34 heavy (non-hydrogen) atoms. The lowest BCUT2D eigenvalue weighted by Crippen LogP contribution is -2.42. The molecule has 1 aromatic carbocycles. The number of thioether (sulfide) groups is 1. The van der Waals surface area contributed by atoms with Crippen molar-refractivity contribution in [1.29, 1.82) is 0 Å². The van der Waals surface area contributed by atoms with Crippen molar-refractivity contribution in [3.8, 4) is 11.4 Å². The van der Waals surface area contributed by atoms with E-state index in [-0.39, 0.29) is 23.5 Å². The minimum absolute atomic E-state index is 0.0553. The van der Waals surface area contributed by atoms with Gasteiger partial charge in [-0.1, -0.05) is 61.9 Å². The number of pyridine rings is 1. The molecule has 0 aliphatic heterocycles. The molecule has 2 heterocycles. The second-order valence-electron chi connectivity index (χ2n) is 8.96. The summed E-state index contributed by atoms with van der Waals surface area (Å²) in [7, 11) is 0. The van der Waals surface area contributed by atoms with Crippen LogP contribution in [0.2, 0.25) is 0 Å². The number of carbonyl (C=O) groups is 2. The van der Waals surface area contributed by atoms with Crippen LogP contribution in [0, 0.1) is 5.92 Å². The summed E-state index contributed by atoms with van der Waals surface area (Å²) in [6.07, 6.45) is 8.66. The molecule has 0 spiro atoms. The Bertz CT molecular complexity index is 1100. The Labute approximate surface area is 204 Å². The van der Waals surface area contributed by atoms with E-state index in [4.69, 9.17) is 0 Å². The van der Waals surface area contributed by atoms with Crippen LogP contribution >= 0.6 is 11.8 Å².